The van der Waals surface area contributed by atoms with Crippen LogP contribution in [-0.4, -0.2) is 23.3 Å². The van der Waals surface area contributed by atoms with Crippen molar-refractivity contribution in [2.24, 2.45) is 11.3 Å². The second-order valence-electron chi connectivity index (χ2n) is 6.12. The molecule has 0 radical (unpaired) electrons. The first-order chi connectivity index (χ1) is 6.48. The van der Waals surface area contributed by atoms with Gasteiger partial charge in [0.15, 0.2) is 0 Å². The zero-order valence-electron chi connectivity index (χ0n) is 9.59. The molecule has 1 aliphatic heterocycles. The van der Waals surface area contributed by atoms with E-state index in [0.29, 0.717) is 12.1 Å². The SMILES string of the molecule is CC(C)(C)[C@@H](O)[C@@H]1C[C@H]2CCC[C@H]2N1. The van der Waals surface area contributed by atoms with Gasteiger partial charge in [0.05, 0.1) is 6.10 Å². The molecule has 2 fully saturated rings. The number of aliphatic hydroxyl groups excluding tert-OH is 1. The van der Waals surface area contributed by atoms with Crippen molar-refractivity contribution in [1.82, 2.24) is 5.32 Å². The van der Waals surface area contributed by atoms with Crippen LogP contribution in [0.25, 0.3) is 0 Å². The highest BCUT2D eigenvalue weighted by Gasteiger charge is 2.42. The van der Waals surface area contributed by atoms with Gasteiger partial charge < -0.3 is 10.4 Å². The number of hydrogen-bond donors (Lipinski definition) is 2. The molecule has 0 aromatic rings. The summed E-state index contributed by atoms with van der Waals surface area (Å²) in [6.45, 7) is 6.36. The molecule has 1 saturated heterocycles. The summed E-state index contributed by atoms with van der Waals surface area (Å²) in [4.78, 5) is 0. The third kappa shape index (κ3) is 1.82. The molecule has 0 aromatic heterocycles. The van der Waals surface area contributed by atoms with Gasteiger partial charge in [0.25, 0.3) is 0 Å². The van der Waals surface area contributed by atoms with Gasteiger partial charge in [0, 0.05) is 12.1 Å². The Balaban J connectivity index is 1.96. The Labute approximate surface area is 87.1 Å². The molecule has 2 rings (SSSR count). The first kappa shape index (κ1) is 10.4. The first-order valence-electron chi connectivity index (χ1n) is 5.92. The normalized spacial score (nSPS) is 39.9. The first-order valence-corrected chi connectivity index (χ1v) is 5.92. The van der Waals surface area contributed by atoms with Crippen molar-refractivity contribution in [2.45, 2.75) is 64.6 Å². The molecule has 0 spiro atoms. The Morgan fingerprint density at radius 2 is 2.00 bits per heavy atom. The van der Waals surface area contributed by atoms with Crippen LogP contribution in [0.4, 0.5) is 0 Å². The van der Waals surface area contributed by atoms with Gasteiger partial charge >= 0.3 is 0 Å². The summed E-state index contributed by atoms with van der Waals surface area (Å²) in [6, 6.07) is 1.04. The van der Waals surface area contributed by atoms with E-state index >= 15 is 0 Å². The second-order valence-corrected chi connectivity index (χ2v) is 6.12. The molecule has 14 heavy (non-hydrogen) atoms. The van der Waals surface area contributed by atoms with Gasteiger partial charge in [-0.15, -0.1) is 0 Å². The zero-order valence-corrected chi connectivity index (χ0v) is 9.59. The van der Waals surface area contributed by atoms with Crippen LogP contribution in [0.15, 0.2) is 0 Å². The van der Waals surface area contributed by atoms with Crippen LogP contribution in [0.3, 0.4) is 0 Å². The van der Waals surface area contributed by atoms with E-state index in [1.165, 1.54) is 25.7 Å². The molecule has 0 amide bonds. The van der Waals surface area contributed by atoms with Gasteiger partial charge in [0.1, 0.15) is 0 Å². The van der Waals surface area contributed by atoms with E-state index in [1.54, 1.807) is 0 Å². The van der Waals surface area contributed by atoms with E-state index in [-0.39, 0.29) is 11.5 Å². The van der Waals surface area contributed by atoms with E-state index in [0.717, 1.165) is 5.92 Å². The standard InChI is InChI=1S/C12H23NO/c1-12(2,3)11(14)10-7-8-5-4-6-9(8)13-10/h8-11,13-14H,4-7H2,1-3H3/t8-,9-,10+,11+/m1/s1. The fourth-order valence-corrected chi connectivity index (χ4v) is 3.03. The fourth-order valence-electron chi connectivity index (χ4n) is 3.03. The average molecular weight is 197 g/mol. The highest BCUT2D eigenvalue weighted by Crippen LogP contribution is 2.38. The molecule has 2 aliphatic rings. The maximum Gasteiger partial charge on any atom is 0.0741 e. The second kappa shape index (κ2) is 3.49. The van der Waals surface area contributed by atoms with Crippen molar-refractivity contribution in [3.8, 4) is 0 Å². The smallest absolute Gasteiger partial charge is 0.0741 e. The molecule has 4 atom stereocenters. The fraction of sp³-hybridized carbons (Fsp3) is 1.00. The lowest BCUT2D eigenvalue weighted by Gasteiger charge is -2.31. The predicted molar refractivity (Wildman–Crippen MR) is 58.1 cm³/mol. The lowest BCUT2D eigenvalue weighted by Crippen LogP contribution is -2.44. The van der Waals surface area contributed by atoms with Crippen LogP contribution in [0.1, 0.15) is 46.5 Å². The molecule has 2 N–H and O–H groups in total. The van der Waals surface area contributed by atoms with Crippen LogP contribution in [0.5, 0.6) is 0 Å². The van der Waals surface area contributed by atoms with Gasteiger partial charge in [0.2, 0.25) is 0 Å². The van der Waals surface area contributed by atoms with E-state index < -0.39 is 0 Å². The van der Waals surface area contributed by atoms with Gasteiger partial charge in [-0.1, -0.05) is 27.2 Å². The van der Waals surface area contributed by atoms with Gasteiger partial charge in [-0.05, 0) is 30.6 Å². The van der Waals surface area contributed by atoms with Crippen molar-refractivity contribution in [1.29, 1.82) is 0 Å². The molecule has 2 nitrogen and oxygen atoms in total. The van der Waals surface area contributed by atoms with Crippen molar-refractivity contribution in [3.63, 3.8) is 0 Å². The van der Waals surface area contributed by atoms with Crippen LogP contribution in [0.2, 0.25) is 0 Å². The summed E-state index contributed by atoms with van der Waals surface area (Å²) in [5.41, 5.74) is 0.0102. The molecule has 1 aliphatic carbocycles. The molecule has 1 heterocycles. The number of rotatable bonds is 1. The third-order valence-electron chi connectivity index (χ3n) is 3.91. The van der Waals surface area contributed by atoms with E-state index in [4.69, 9.17) is 0 Å². The van der Waals surface area contributed by atoms with Crippen molar-refractivity contribution < 1.29 is 5.11 Å². The minimum Gasteiger partial charge on any atom is -0.391 e. The van der Waals surface area contributed by atoms with Crippen molar-refractivity contribution in [2.75, 3.05) is 0 Å². The van der Waals surface area contributed by atoms with Crippen LogP contribution >= 0.6 is 0 Å². The Morgan fingerprint density at radius 1 is 1.29 bits per heavy atom. The monoisotopic (exact) mass is 197 g/mol. The van der Waals surface area contributed by atoms with Crippen LogP contribution in [-0.2, 0) is 0 Å². The molecule has 0 aromatic carbocycles. The maximum atomic E-state index is 10.2. The Hall–Kier alpha value is -0.0800. The van der Waals surface area contributed by atoms with Gasteiger partial charge in [-0.2, -0.15) is 0 Å². The molecule has 0 bridgehead atoms. The number of fused-ring (bicyclic) bond motifs is 1. The molecule has 1 saturated carbocycles. The number of aliphatic hydroxyl groups is 1. The molecular formula is C12H23NO. The van der Waals surface area contributed by atoms with Gasteiger partial charge in [-0.3, -0.25) is 0 Å². The summed E-state index contributed by atoms with van der Waals surface area (Å²) in [5.74, 6) is 0.844. The largest absolute Gasteiger partial charge is 0.391 e. The van der Waals surface area contributed by atoms with Crippen LogP contribution in [0, 0.1) is 11.3 Å². The lowest BCUT2D eigenvalue weighted by atomic mass is 9.83. The summed E-state index contributed by atoms with van der Waals surface area (Å²) < 4.78 is 0. The number of nitrogens with one attached hydrogen (secondary N) is 1. The molecule has 2 heteroatoms. The highest BCUT2D eigenvalue weighted by atomic mass is 16.3. The number of hydrogen-bond acceptors (Lipinski definition) is 2. The maximum absolute atomic E-state index is 10.2. The minimum atomic E-state index is -0.201. The zero-order chi connectivity index (χ0) is 10.3. The minimum absolute atomic E-state index is 0.0102. The Bertz CT molecular complexity index is 197. The average Bonchev–Trinajstić information content (AvgIpc) is 2.58. The predicted octanol–water partition coefficient (Wildman–Crippen LogP) is 1.92. The van der Waals surface area contributed by atoms with E-state index in [2.05, 4.69) is 26.1 Å². The summed E-state index contributed by atoms with van der Waals surface area (Å²) >= 11 is 0. The third-order valence-corrected chi connectivity index (χ3v) is 3.91. The Morgan fingerprint density at radius 3 is 2.57 bits per heavy atom. The Kier molecular flexibility index (Phi) is 2.61. The van der Waals surface area contributed by atoms with E-state index in [9.17, 15) is 5.11 Å². The summed E-state index contributed by atoms with van der Waals surface area (Å²) in [7, 11) is 0. The molecule has 0 unspecified atom stereocenters. The van der Waals surface area contributed by atoms with Crippen molar-refractivity contribution in [3.05, 3.63) is 0 Å². The molecular weight excluding hydrogens is 174 g/mol. The summed E-state index contributed by atoms with van der Waals surface area (Å²) in [6.07, 6.45) is 5.04. The van der Waals surface area contributed by atoms with Crippen molar-refractivity contribution >= 4 is 0 Å². The topological polar surface area (TPSA) is 32.3 Å². The quantitative estimate of drug-likeness (QED) is 0.673. The highest BCUT2D eigenvalue weighted by molar-refractivity contribution is 4.99. The lowest BCUT2D eigenvalue weighted by molar-refractivity contribution is 0.0321. The summed E-state index contributed by atoms with van der Waals surface area (Å²) in [5, 5.41) is 13.8. The molecule has 82 valence electrons. The van der Waals surface area contributed by atoms with Crippen LogP contribution < -0.4 is 5.32 Å². The van der Waals surface area contributed by atoms with Gasteiger partial charge in [-0.25, -0.2) is 0 Å². The van der Waals surface area contributed by atoms with E-state index in [1.807, 2.05) is 0 Å².